The van der Waals surface area contributed by atoms with Gasteiger partial charge in [-0.15, -0.1) is 0 Å². The van der Waals surface area contributed by atoms with E-state index in [9.17, 15) is 8.42 Å². The molecule has 0 spiro atoms. The average molecular weight is 344 g/mol. The van der Waals surface area contributed by atoms with Crippen molar-refractivity contribution in [3.05, 3.63) is 63.6 Å². The lowest BCUT2D eigenvalue weighted by molar-refractivity contribution is 0.601. The number of benzene rings is 2. The molecule has 0 saturated heterocycles. The molecule has 1 N–H and O–H groups in total. The van der Waals surface area contributed by atoms with Gasteiger partial charge in [0.15, 0.2) is 9.84 Å². The van der Waals surface area contributed by atoms with Crippen molar-refractivity contribution < 1.29 is 8.42 Å². The fourth-order valence-corrected chi connectivity index (χ4v) is 3.25. The molecule has 0 aliphatic carbocycles. The summed E-state index contributed by atoms with van der Waals surface area (Å²) in [4.78, 5) is 0.276. The minimum atomic E-state index is -3.25. The SMILES string of the molecule is CNC(c1cccc(S(C)(=O)=O)c1)c1cc(Cl)ccc1Cl. The topological polar surface area (TPSA) is 46.2 Å². The van der Waals surface area contributed by atoms with Gasteiger partial charge >= 0.3 is 0 Å². The van der Waals surface area contributed by atoms with E-state index in [0.29, 0.717) is 10.0 Å². The van der Waals surface area contributed by atoms with Crippen molar-refractivity contribution >= 4 is 33.0 Å². The molecule has 0 amide bonds. The van der Waals surface area contributed by atoms with Crippen molar-refractivity contribution in [3.63, 3.8) is 0 Å². The van der Waals surface area contributed by atoms with Crippen molar-refractivity contribution in [2.45, 2.75) is 10.9 Å². The minimum Gasteiger partial charge on any atom is -0.309 e. The highest BCUT2D eigenvalue weighted by molar-refractivity contribution is 7.90. The van der Waals surface area contributed by atoms with Gasteiger partial charge < -0.3 is 5.32 Å². The summed E-state index contributed by atoms with van der Waals surface area (Å²) in [6, 6.07) is 11.8. The van der Waals surface area contributed by atoms with Crippen LogP contribution in [0.2, 0.25) is 10.0 Å². The van der Waals surface area contributed by atoms with Gasteiger partial charge in [0.1, 0.15) is 0 Å². The highest BCUT2D eigenvalue weighted by Gasteiger charge is 2.17. The third-order valence-electron chi connectivity index (χ3n) is 3.18. The number of halogens is 2. The molecule has 0 saturated carbocycles. The van der Waals surface area contributed by atoms with E-state index in [4.69, 9.17) is 23.2 Å². The van der Waals surface area contributed by atoms with Gasteiger partial charge in [-0.2, -0.15) is 0 Å². The van der Waals surface area contributed by atoms with E-state index in [1.54, 1.807) is 43.4 Å². The normalized spacial score (nSPS) is 13.1. The summed E-state index contributed by atoms with van der Waals surface area (Å²) in [6.45, 7) is 0. The van der Waals surface area contributed by atoms with Crippen molar-refractivity contribution in [1.82, 2.24) is 5.32 Å². The van der Waals surface area contributed by atoms with Crippen molar-refractivity contribution in [2.24, 2.45) is 0 Å². The van der Waals surface area contributed by atoms with Crippen LogP contribution in [-0.4, -0.2) is 21.7 Å². The fraction of sp³-hybridized carbons (Fsp3) is 0.200. The molecule has 3 nitrogen and oxygen atoms in total. The lowest BCUT2D eigenvalue weighted by atomic mass is 9.99. The predicted molar refractivity (Wildman–Crippen MR) is 86.9 cm³/mol. The lowest BCUT2D eigenvalue weighted by Gasteiger charge is -2.19. The van der Waals surface area contributed by atoms with Crippen molar-refractivity contribution in [1.29, 1.82) is 0 Å². The highest BCUT2D eigenvalue weighted by atomic mass is 35.5. The maximum Gasteiger partial charge on any atom is 0.175 e. The molecule has 112 valence electrons. The van der Waals surface area contributed by atoms with Crippen LogP contribution in [0.15, 0.2) is 47.4 Å². The predicted octanol–water partition coefficient (Wildman–Crippen LogP) is 3.71. The zero-order valence-electron chi connectivity index (χ0n) is 11.6. The second-order valence-electron chi connectivity index (χ2n) is 4.73. The molecule has 1 atom stereocenters. The van der Waals surface area contributed by atoms with Crippen LogP contribution >= 0.6 is 23.2 Å². The molecule has 0 aliphatic heterocycles. The van der Waals surface area contributed by atoms with Gasteiger partial charge in [-0.05, 0) is 48.5 Å². The molecule has 1 unspecified atom stereocenters. The summed E-state index contributed by atoms with van der Waals surface area (Å²) >= 11 is 12.3. The monoisotopic (exact) mass is 343 g/mol. The third kappa shape index (κ3) is 3.77. The van der Waals surface area contributed by atoms with E-state index in [0.717, 1.165) is 11.1 Å². The largest absolute Gasteiger partial charge is 0.309 e. The summed E-state index contributed by atoms with van der Waals surface area (Å²) in [6.07, 6.45) is 1.19. The Kier molecular flexibility index (Phi) is 4.94. The Hall–Kier alpha value is -1.07. The first kappa shape index (κ1) is 16.3. The van der Waals surface area contributed by atoms with E-state index in [2.05, 4.69) is 5.32 Å². The quantitative estimate of drug-likeness (QED) is 0.920. The van der Waals surface area contributed by atoms with Crippen molar-refractivity contribution in [3.8, 4) is 0 Å². The smallest absolute Gasteiger partial charge is 0.175 e. The molecular weight excluding hydrogens is 329 g/mol. The molecule has 0 aromatic heterocycles. The van der Waals surface area contributed by atoms with Crippen LogP contribution in [-0.2, 0) is 9.84 Å². The summed E-state index contributed by atoms with van der Waals surface area (Å²) < 4.78 is 23.4. The zero-order valence-corrected chi connectivity index (χ0v) is 13.9. The van der Waals surface area contributed by atoms with Crippen LogP contribution in [0.4, 0.5) is 0 Å². The zero-order chi connectivity index (χ0) is 15.6. The molecule has 2 aromatic carbocycles. The Morgan fingerprint density at radius 2 is 1.81 bits per heavy atom. The van der Waals surface area contributed by atoms with Gasteiger partial charge in [-0.25, -0.2) is 8.42 Å². The van der Waals surface area contributed by atoms with Crippen LogP contribution in [0.3, 0.4) is 0 Å². The van der Waals surface area contributed by atoms with Crippen molar-refractivity contribution in [2.75, 3.05) is 13.3 Å². The van der Waals surface area contributed by atoms with E-state index in [1.807, 2.05) is 6.07 Å². The highest BCUT2D eigenvalue weighted by Crippen LogP contribution is 2.31. The summed E-state index contributed by atoms with van der Waals surface area (Å²) in [7, 11) is -1.47. The Labute approximate surface area is 134 Å². The number of rotatable bonds is 4. The molecule has 0 aliphatic rings. The molecule has 21 heavy (non-hydrogen) atoms. The number of nitrogens with one attached hydrogen (secondary N) is 1. The van der Waals surface area contributed by atoms with E-state index in [1.165, 1.54) is 6.26 Å². The van der Waals surface area contributed by atoms with Gasteiger partial charge in [0.25, 0.3) is 0 Å². The molecule has 2 aromatic rings. The molecule has 2 rings (SSSR count). The Bertz CT molecular complexity index is 760. The van der Waals surface area contributed by atoms with Gasteiger partial charge in [-0.3, -0.25) is 0 Å². The first-order chi connectivity index (χ1) is 9.82. The van der Waals surface area contributed by atoms with Crippen LogP contribution < -0.4 is 5.32 Å². The second-order valence-corrected chi connectivity index (χ2v) is 7.59. The number of sulfone groups is 1. The van der Waals surface area contributed by atoms with Gasteiger partial charge in [-0.1, -0.05) is 35.3 Å². The van der Waals surface area contributed by atoms with Crippen LogP contribution in [0.25, 0.3) is 0 Å². The second kappa shape index (κ2) is 6.36. The maximum atomic E-state index is 11.7. The van der Waals surface area contributed by atoms with Gasteiger partial charge in [0.05, 0.1) is 10.9 Å². The summed E-state index contributed by atoms with van der Waals surface area (Å²) in [5, 5.41) is 4.29. The van der Waals surface area contributed by atoms with Crippen LogP contribution in [0, 0.1) is 0 Å². The van der Waals surface area contributed by atoms with Gasteiger partial charge in [0.2, 0.25) is 0 Å². The number of hydrogen-bond acceptors (Lipinski definition) is 3. The maximum absolute atomic E-state index is 11.7. The van der Waals surface area contributed by atoms with Crippen LogP contribution in [0.5, 0.6) is 0 Å². The minimum absolute atomic E-state index is 0.238. The van der Waals surface area contributed by atoms with Gasteiger partial charge in [0, 0.05) is 16.3 Å². The standard InChI is InChI=1S/C15H15Cl2NO2S/c1-18-15(13-9-11(16)6-7-14(13)17)10-4-3-5-12(8-10)21(2,19)20/h3-9,15,18H,1-2H3. The summed E-state index contributed by atoms with van der Waals surface area (Å²) in [5.74, 6) is 0. The molecule has 0 radical (unpaired) electrons. The molecule has 6 heteroatoms. The Morgan fingerprint density at radius 3 is 2.43 bits per heavy atom. The Morgan fingerprint density at radius 1 is 1.10 bits per heavy atom. The lowest BCUT2D eigenvalue weighted by Crippen LogP contribution is -2.18. The average Bonchev–Trinajstić information content (AvgIpc) is 2.43. The third-order valence-corrected chi connectivity index (χ3v) is 4.87. The fourth-order valence-electron chi connectivity index (χ4n) is 2.16. The number of hydrogen-bond donors (Lipinski definition) is 1. The molecular formula is C15H15Cl2NO2S. The first-order valence-electron chi connectivity index (χ1n) is 6.25. The molecule has 0 fully saturated rings. The summed E-state index contributed by atoms with van der Waals surface area (Å²) in [5.41, 5.74) is 1.61. The van der Waals surface area contributed by atoms with Crippen LogP contribution in [0.1, 0.15) is 17.2 Å². The Balaban J connectivity index is 2.54. The first-order valence-corrected chi connectivity index (χ1v) is 8.90. The molecule has 0 bridgehead atoms. The van der Waals surface area contributed by atoms with E-state index in [-0.39, 0.29) is 10.9 Å². The molecule has 0 heterocycles. The van der Waals surface area contributed by atoms with E-state index < -0.39 is 9.84 Å². The van der Waals surface area contributed by atoms with E-state index >= 15 is 0 Å².